The molecular formula is C5H4N2. The molecular weight excluding hydrogens is 88.1 g/mol. The van der Waals surface area contributed by atoms with Crippen molar-refractivity contribution in [1.29, 1.82) is 0 Å². The third kappa shape index (κ3) is 0.892. The van der Waals surface area contributed by atoms with Gasteiger partial charge in [0.05, 0.1) is 18.1 Å². The van der Waals surface area contributed by atoms with Gasteiger partial charge in [-0.25, -0.2) is 0 Å². The summed E-state index contributed by atoms with van der Waals surface area (Å²) in [5.41, 5.74) is 0.655. The molecule has 2 nitrogen and oxygen atoms in total. The van der Waals surface area contributed by atoms with Crippen molar-refractivity contribution in [2.45, 2.75) is 0 Å². The van der Waals surface area contributed by atoms with E-state index in [1.807, 2.05) is 0 Å². The van der Waals surface area contributed by atoms with Crippen molar-refractivity contribution in [2.24, 2.45) is 4.99 Å². The smallest absolute Gasteiger partial charge is 0.114 e. The summed E-state index contributed by atoms with van der Waals surface area (Å²) in [6.07, 6.45) is 6.71. The lowest BCUT2D eigenvalue weighted by Crippen LogP contribution is -2.07. The summed E-state index contributed by atoms with van der Waals surface area (Å²) in [5.74, 6) is 0. The van der Waals surface area contributed by atoms with Crippen LogP contribution < -0.4 is 5.32 Å². The molecule has 7 heavy (non-hydrogen) atoms. The number of rotatable bonds is 0. The normalized spacial score (nSPS) is 16.9. The standard InChI is InChI=1S/C5H4N2/c1-5-4-6-2-3-7-5/h2,7H,1H2. The van der Waals surface area contributed by atoms with Crippen LogP contribution in [0.25, 0.3) is 0 Å². The first-order chi connectivity index (χ1) is 3.39. The van der Waals surface area contributed by atoms with E-state index in [-0.39, 0.29) is 0 Å². The second kappa shape index (κ2) is 1.60. The molecule has 0 atom stereocenters. The van der Waals surface area contributed by atoms with Crippen LogP contribution in [0.1, 0.15) is 0 Å². The highest BCUT2D eigenvalue weighted by atomic mass is 14.9. The molecule has 0 saturated carbocycles. The van der Waals surface area contributed by atoms with E-state index in [0.717, 1.165) is 0 Å². The lowest BCUT2D eigenvalue weighted by atomic mass is 10.5. The second-order valence-corrected chi connectivity index (χ2v) is 1.12. The largest absolute Gasteiger partial charge is 0.351 e. The quantitative estimate of drug-likeness (QED) is 0.457. The molecule has 0 saturated heterocycles. The summed E-state index contributed by atoms with van der Waals surface area (Å²) < 4.78 is 0. The first-order valence-electron chi connectivity index (χ1n) is 1.87. The molecule has 1 aliphatic rings. The van der Waals surface area contributed by atoms with E-state index in [2.05, 4.69) is 29.3 Å². The maximum absolute atomic E-state index is 3.61. The van der Waals surface area contributed by atoms with E-state index in [1.54, 1.807) is 0 Å². The fourth-order valence-corrected chi connectivity index (χ4v) is 0.290. The lowest BCUT2D eigenvalue weighted by Gasteiger charge is -1.96. The topological polar surface area (TPSA) is 24.4 Å². The van der Waals surface area contributed by atoms with E-state index < -0.39 is 0 Å². The summed E-state index contributed by atoms with van der Waals surface area (Å²) in [7, 11) is 0. The van der Waals surface area contributed by atoms with Crippen LogP contribution in [-0.4, -0.2) is 6.21 Å². The first kappa shape index (κ1) is 4.12. The van der Waals surface area contributed by atoms with Crippen molar-refractivity contribution in [2.75, 3.05) is 0 Å². The van der Waals surface area contributed by atoms with E-state index in [1.165, 1.54) is 6.20 Å². The summed E-state index contributed by atoms with van der Waals surface area (Å²) in [6.45, 7) is 3.52. The third-order valence-electron chi connectivity index (χ3n) is 0.552. The van der Waals surface area contributed by atoms with E-state index in [0.29, 0.717) is 5.70 Å². The maximum atomic E-state index is 3.61. The van der Waals surface area contributed by atoms with Crippen LogP contribution in [0, 0.1) is 6.20 Å². The van der Waals surface area contributed by atoms with Gasteiger partial charge in [0.1, 0.15) is 6.21 Å². The van der Waals surface area contributed by atoms with Crippen molar-refractivity contribution in [1.82, 2.24) is 5.32 Å². The minimum Gasteiger partial charge on any atom is -0.351 e. The molecule has 2 heteroatoms. The van der Waals surface area contributed by atoms with Gasteiger partial charge in [-0.1, -0.05) is 6.58 Å². The monoisotopic (exact) mass is 92.0 g/mol. The summed E-state index contributed by atoms with van der Waals surface area (Å²) in [4.78, 5) is 3.61. The molecule has 0 spiro atoms. The fraction of sp³-hybridized carbons (Fsp3) is 0. The molecule has 1 rings (SSSR count). The Kier molecular flexibility index (Phi) is 0.941. The Labute approximate surface area is 42.3 Å². The van der Waals surface area contributed by atoms with Gasteiger partial charge < -0.3 is 5.32 Å². The van der Waals surface area contributed by atoms with Crippen LogP contribution in [0.2, 0.25) is 0 Å². The first-order valence-corrected chi connectivity index (χ1v) is 1.87. The van der Waals surface area contributed by atoms with Crippen molar-refractivity contribution >= 4 is 6.21 Å². The molecule has 2 radical (unpaired) electrons. The van der Waals surface area contributed by atoms with Crippen LogP contribution in [0.3, 0.4) is 0 Å². The van der Waals surface area contributed by atoms with E-state index >= 15 is 0 Å². The Hall–Kier alpha value is -1.05. The predicted molar refractivity (Wildman–Crippen MR) is 27.5 cm³/mol. The van der Waals surface area contributed by atoms with E-state index in [4.69, 9.17) is 0 Å². The average Bonchev–Trinajstić information content (AvgIpc) is 1.69. The van der Waals surface area contributed by atoms with Gasteiger partial charge >= 0.3 is 0 Å². The van der Waals surface area contributed by atoms with Gasteiger partial charge in [0.2, 0.25) is 0 Å². The summed E-state index contributed by atoms with van der Waals surface area (Å²) in [6, 6.07) is 0. The SMILES string of the molecule is C=C1[C]=NC=[C]N1. The van der Waals surface area contributed by atoms with Gasteiger partial charge in [0, 0.05) is 0 Å². The average molecular weight is 92.1 g/mol. The molecule has 0 aliphatic carbocycles. The highest BCUT2D eigenvalue weighted by molar-refractivity contribution is 5.78. The van der Waals surface area contributed by atoms with Crippen LogP contribution in [0.15, 0.2) is 23.5 Å². The molecule has 34 valence electrons. The molecule has 0 unspecified atom stereocenters. The predicted octanol–water partition coefficient (Wildman–Crippen LogP) is 0.325. The molecule has 1 aliphatic heterocycles. The Morgan fingerprint density at radius 3 is 3.00 bits per heavy atom. The number of allylic oxidation sites excluding steroid dienone is 1. The van der Waals surface area contributed by atoms with Crippen molar-refractivity contribution in [3.05, 3.63) is 24.7 Å². The van der Waals surface area contributed by atoms with Crippen molar-refractivity contribution in [3.8, 4) is 0 Å². The van der Waals surface area contributed by atoms with Crippen LogP contribution >= 0.6 is 0 Å². The molecule has 0 amide bonds. The van der Waals surface area contributed by atoms with Crippen molar-refractivity contribution in [3.63, 3.8) is 0 Å². The zero-order chi connectivity index (χ0) is 5.11. The van der Waals surface area contributed by atoms with Gasteiger partial charge in [0.15, 0.2) is 0 Å². The molecule has 0 bridgehead atoms. The summed E-state index contributed by atoms with van der Waals surface area (Å²) in [5, 5.41) is 2.68. The Morgan fingerprint density at radius 1 is 1.86 bits per heavy atom. The van der Waals surface area contributed by atoms with Crippen LogP contribution in [0.5, 0.6) is 0 Å². The zero-order valence-corrected chi connectivity index (χ0v) is 3.73. The van der Waals surface area contributed by atoms with Gasteiger partial charge in [-0.05, 0) is 0 Å². The number of aliphatic imine (C=N–C) groups is 1. The fourth-order valence-electron chi connectivity index (χ4n) is 0.290. The Balaban J connectivity index is 2.66. The molecule has 0 aromatic rings. The molecule has 0 fully saturated rings. The highest BCUT2D eigenvalue weighted by Gasteiger charge is 1.85. The Morgan fingerprint density at radius 2 is 2.71 bits per heavy atom. The number of hydrogen-bond donors (Lipinski definition) is 1. The minimum atomic E-state index is 0.655. The molecule has 0 aromatic carbocycles. The minimum absolute atomic E-state index is 0.655. The summed E-state index contributed by atoms with van der Waals surface area (Å²) >= 11 is 0. The van der Waals surface area contributed by atoms with Crippen LogP contribution in [0.4, 0.5) is 0 Å². The number of nitrogens with zero attached hydrogens (tertiary/aromatic N) is 1. The van der Waals surface area contributed by atoms with Crippen molar-refractivity contribution < 1.29 is 0 Å². The second-order valence-electron chi connectivity index (χ2n) is 1.12. The highest BCUT2D eigenvalue weighted by Crippen LogP contribution is 1.84. The zero-order valence-electron chi connectivity index (χ0n) is 3.73. The maximum Gasteiger partial charge on any atom is 0.114 e. The van der Waals surface area contributed by atoms with Gasteiger partial charge in [-0.2, -0.15) is 0 Å². The van der Waals surface area contributed by atoms with Gasteiger partial charge in [0.25, 0.3) is 0 Å². The molecule has 1 N–H and O–H groups in total. The third-order valence-corrected chi connectivity index (χ3v) is 0.552. The Bertz CT molecular complexity index is 133. The van der Waals surface area contributed by atoms with E-state index in [9.17, 15) is 0 Å². The molecule has 0 aromatic heterocycles. The lowest BCUT2D eigenvalue weighted by molar-refractivity contribution is 1.08. The number of nitrogens with one attached hydrogen (secondary N) is 1. The van der Waals surface area contributed by atoms with Gasteiger partial charge in [-0.3, -0.25) is 4.99 Å². The molecule has 1 heterocycles. The number of hydrogen-bond acceptors (Lipinski definition) is 2. The van der Waals surface area contributed by atoms with Gasteiger partial charge in [-0.15, -0.1) is 0 Å². The van der Waals surface area contributed by atoms with Crippen LogP contribution in [-0.2, 0) is 0 Å².